The molecule has 0 fully saturated rings. The van der Waals surface area contributed by atoms with Crippen LogP contribution in [0, 0.1) is 0 Å². The Bertz CT molecular complexity index is 338. The minimum atomic E-state index is -0.0217. The van der Waals surface area contributed by atoms with Crippen LogP contribution in [0.15, 0.2) is 24.3 Å². The van der Waals surface area contributed by atoms with E-state index in [1.807, 2.05) is 24.3 Å². The summed E-state index contributed by atoms with van der Waals surface area (Å²) in [5.41, 5.74) is 1.18. The number of benzene rings is 1. The van der Waals surface area contributed by atoms with Crippen molar-refractivity contribution in [1.82, 2.24) is 5.32 Å². The smallest absolute Gasteiger partial charge is 0.0443 e. The Balaban J connectivity index is 0.00000289. The molecule has 0 radical (unpaired) electrons. The van der Waals surface area contributed by atoms with Crippen molar-refractivity contribution in [2.24, 2.45) is 0 Å². The summed E-state index contributed by atoms with van der Waals surface area (Å²) in [5, 5.41) is 4.50. The van der Waals surface area contributed by atoms with E-state index < -0.39 is 0 Å². The van der Waals surface area contributed by atoms with Gasteiger partial charge < -0.3 is 5.32 Å². The number of thiol groups is 1. The lowest BCUT2D eigenvalue weighted by atomic mass is 9.94. The van der Waals surface area contributed by atoms with E-state index in [0.29, 0.717) is 0 Å². The van der Waals surface area contributed by atoms with Gasteiger partial charge in [0.25, 0.3) is 0 Å². The second kappa shape index (κ2) is 8.31. The zero-order valence-electron chi connectivity index (χ0n) is 11.2. The highest BCUT2D eigenvalue weighted by molar-refractivity contribution is 7.80. The van der Waals surface area contributed by atoms with E-state index >= 15 is 0 Å². The van der Waals surface area contributed by atoms with Gasteiger partial charge in [-0.25, -0.2) is 0 Å². The van der Waals surface area contributed by atoms with Gasteiger partial charge in [-0.2, -0.15) is 12.6 Å². The third-order valence-electron chi connectivity index (χ3n) is 2.98. The van der Waals surface area contributed by atoms with E-state index in [4.69, 9.17) is 24.2 Å². The third kappa shape index (κ3) is 5.40. The number of hydrogen-bond donors (Lipinski definition) is 2. The van der Waals surface area contributed by atoms with Crippen LogP contribution >= 0.6 is 36.6 Å². The van der Waals surface area contributed by atoms with Gasteiger partial charge >= 0.3 is 0 Å². The van der Waals surface area contributed by atoms with Crippen molar-refractivity contribution >= 4 is 36.6 Å². The summed E-state index contributed by atoms with van der Waals surface area (Å²) < 4.78 is 0. The fraction of sp³-hybridized carbons (Fsp3) is 0.571. The Morgan fingerprint density at radius 1 is 1.28 bits per heavy atom. The monoisotopic (exact) mass is 307 g/mol. The highest BCUT2D eigenvalue weighted by Crippen LogP contribution is 2.32. The van der Waals surface area contributed by atoms with Crippen molar-refractivity contribution in [2.75, 3.05) is 6.54 Å². The molecule has 104 valence electrons. The van der Waals surface area contributed by atoms with Crippen molar-refractivity contribution in [1.29, 1.82) is 0 Å². The maximum Gasteiger partial charge on any atom is 0.0443 e. The largest absolute Gasteiger partial charge is 0.310 e. The zero-order chi connectivity index (χ0) is 12.9. The highest BCUT2D eigenvalue weighted by Gasteiger charge is 2.26. The third-order valence-corrected chi connectivity index (χ3v) is 4.18. The van der Waals surface area contributed by atoms with Crippen molar-refractivity contribution in [2.45, 2.75) is 44.4 Å². The number of nitrogens with one attached hydrogen (secondary N) is 1. The molecule has 1 unspecified atom stereocenters. The fourth-order valence-electron chi connectivity index (χ4n) is 1.75. The van der Waals surface area contributed by atoms with Gasteiger partial charge in [-0.15, -0.1) is 12.4 Å². The highest BCUT2D eigenvalue weighted by atomic mass is 35.5. The minimum absolute atomic E-state index is 0. The van der Waals surface area contributed by atoms with E-state index in [9.17, 15) is 0 Å². The van der Waals surface area contributed by atoms with E-state index in [1.54, 1.807) is 0 Å². The van der Waals surface area contributed by atoms with Crippen molar-refractivity contribution in [3.63, 3.8) is 0 Å². The SMILES string of the molecule is CCCCNC(C)(C)C(S)c1ccc(Cl)cc1.Cl. The number of halogens is 2. The van der Waals surface area contributed by atoms with Gasteiger partial charge in [0.1, 0.15) is 0 Å². The standard InChI is InChI=1S/C14H22ClNS.ClH/c1-4-5-10-16-14(2,3)13(17)11-6-8-12(15)9-7-11;/h6-9,13,16-17H,4-5,10H2,1-3H3;1H. The summed E-state index contributed by atoms with van der Waals surface area (Å²) in [6, 6.07) is 7.93. The van der Waals surface area contributed by atoms with E-state index in [-0.39, 0.29) is 23.2 Å². The fourth-order valence-corrected chi connectivity index (χ4v) is 2.14. The first-order chi connectivity index (χ1) is 7.97. The predicted octanol–water partition coefficient (Wildman–Crippen LogP) is 4.90. The van der Waals surface area contributed by atoms with E-state index in [0.717, 1.165) is 11.6 Å². The molecule has 0 aromatic heterocycles. The molecule has 0 bridgehead atoms. The first-order valence-electron chi connectivity index (χ1n) is 6.16. The van der Waals surface area contributed by atoms with Crippen LogP contribution in [0.1, 0.15) is 44.4 Å². The number of hydrogen-bond acceptors (Lipinski definition) is 2. The average Bonchev–Trinajstić information content (AvgIpc) is 2.29. The molecule has 0 aliphatic heterocycles. The molecule has 1 aromatic carbocycles. The summed E-state index contributed by atoms with van der Waals surface area (Å²) >= 11 is 10.6. The van der Waals surface area contributed by atoms with E-state index in [1.165, 1.54) is 18.4 Å². The second-order valence-electron chi connectivity index (χ2n) is 4.96. The van der Waals surface area contributed by atoms with Crippen LogP contribution in [0.5, 0.6) is 0 Å². The van der Waals surface area contributed by atoms with Crippen molar-refractivity contribution in [3.8, 4) is 0 Å². The number of unbranched alkanes of at least 4 members (excludes halogenated alkanes) is 1. The van der Waals surface area contributed by atoms with Gasteiger partial charge in [0.15, 0.2) is 0 Å². The molecule has 1 N–H and O–H groups in total. The molecule has 4 heteroatoms. The molecule has 0 aliphatic carbocycles. The van der Waals surface area contributed by atoms with Crippen molar-refractivity contribution < 1.29 is 0 Å². The molecule has 0 amide bonds. The van der Waals surface area contributed by atoms with Crippen LogP contribution in [0.3, 0.4) is 0 Å². The molecule has 1 nitrogen and oxygen atoms in total. The van der Waals surface area contributed by atoms with Crippen LogP contribution in [0.25, 0.3) is 0 Å². The Morgan fingerprint density at radius 3 is 2.33 bits per heavy atom. The van der Waals surface area contributed by atoms with Crippen LogP contribution in [-0.4, -0.2) is 12.1 Å². The average molecular weight is 308 g/mol. The lowest BCUT2D eigenvalue weighted by Crippen LogP contribution is -2.43. The van der Waals surface area contributed by atoms with Gasteiger partial charge in [0.05, 0.1) is 0 Å². The van der Waals surface area contributed by atoms with Crippen LogP contribution in [0.2, 0.25) is 5.02 Å². The molecular formula is C14H23Cl2NS. The van der Waals surface area contributed by atoms with E-state index in [2.05, 4.69) is 26.1 Å². The van der Waals surface area contributed by atoms with Gasteiger partial charge in [-0.05, 0) is 44.5 Å². The van der Waals surface area contributed by atoms with Gasteiger partial charge in [-0.1, -0.05) is 37.1 Å². The molecule has 0 aliphatic rings. The first-order valence-corrected chi connectivity index (χ1v) is 7.05. The van der Waals surface area contributed by atoms with Crippen LogP contribution in [-0.2, 0) is 0 Å². The summed E-state index contributed by atoms with van der Waals surface area (Å²) in [6.45, 7) is 7.62. The summed E-state index contributed by atoms with van der Waals surface area (Å²) in [6.07, 6.45) is 2.41. The molecule has 1 atom stereocenters. The molecule has 0 heterocycles. The predicted molar refractivity (Wildman–Crippen MR) is 87.4 cm³/mol. The molecular weight excluding hydrogens is 285 g/mol. The summed E-state index contributed by atoms with van der Waals surface area (Å²) in [7, 11) is 0. The Hall–Kier alpha value is 0.110. The lowest BCUT2D eigenvalue weighted by molar-refractivity contribution is 0.377. The molecule has 0 saturated heterocycles. The molecule has 0 saturated carbocycles. The summed E-state index contributed by atoms with van der Waals surface area (Å²) in [4.78, 5) is 0. The molecule has 1 rings (SSSR count). The Morgan fingerprint density at radius 2 is 1.83 bits per heavy atom. The molecule has 0 spiro atoms. The molecule has 18 heavy (non-hydrogen) atoms. The lowest BCUT2D eigenvalue weighted by Gasteiger charge is -2.33. The number of rotatable bonds is 6. The van der Waals surface area contributed by atoms with Crippen molar-refractivity contribution in [3.05, 3.63) is 34.9 Å². The topological polar surface area (TPSA) is 12.0 Å². The molecule has 1 aromatic rings. The quantitative estimate of drug-likeness (QED) is 0.562. The zero-order valence-corrected chi connectivity index (χ0v) is 13.7. The van der Waals surface area contributed by atoms with Crippen LogP contribution < -0.4 is 5.32 Å². The normalized spacial score (nSPS) is 12.9. The van der Waals surface area contributed by atoms with Gasteiger partial charge in [-0.3, -0.25) is 0 Å². The maximum absolute atomic E-state index is 5.89. The van der Waals surface area contributed by atoms with Gasteiger partial charge in [0.2, 0.25) is 0 Å². The first kappa shape index (κ1) is 18.1. The minimum Gasteiger partial charge on any atom is -0.310 e. The summed E-state index contributed by atoms with van der Waals surface area (Å²) in [5.74, 6) is 0. The second-order valence-corrected chi connectivity index (χ2v) is 5.91. The Labute approximate surface area is 128 Å². The maximum atomic E-state index is 5.89. The Kier molecular flexibility index (Phi) is 8.37. The van der Waals surface area contributed by atoms with Crippen LogP contribution in [0.4, 0.5) is 0 Å². The van der Waals surface area contributed by atoms with Gasteiger partial charge in [0, 0.05) is 15.8 Å².